The van der Waals surface area contributed by atoms with Gasteiger partial charge in [0.15, 0.2) is 0 Å². The summed E-state index contributed by atoms with van der Waals surface area (Å²) in [5, 5.41) is 5.77. The number of nitrogens with two attached hydrogens (primary N) is 2. The summed E-state index contributed by atoms with van der Waals surface area (Å²) in [4.78, 5) is 67.5. The number of likely N-dealkylation sites (tertiary alicyclic amines) is 1. The topological polar surface area (TPSA) is 165 Å². The lowest BCUT2D eigenvalue weighted by Crippen LogP contribution is -2.61. The van der Waals surface area contributed by atoms with Crippen LogP contribution in [0.5, 0.6) is 0 Å². The zero-order valence-electron chi connectivity index (χ0n) is 24.7. The largest absolute Gasteiger partial charge is 0.363 e. The third kappa shape index (κ3) is 4.27. The molecule has 0 aromatic rings. The van der Waals surface area contributed by atoms with Gasteiger partial charge in [0.25, 0.3) is 5.91 Å². The standard InChI is InChI=1S/C30H47N5O5/c1-26(2,3)21(34-25(40)28(32)12-13-28)24(39)35-16-30(27(4,5)29(30)10-7-11-29)15-19(35)23(38)33-18(20(36)22(31)37)14-17-8-6-9-17/h17-19,21H,6-16,32H2,1-5H3,(H2,31,37)(H,33,38)(H,34,40)/t18?,19-,21+,30+/m0/s1. The highest BCUT2D eigenvalue weighted by Crippen LogP contribution is 2.88. The second-order valence-corrected chi connectivity index (χ2v) is 15.1. The van der Waals surface area contributed by atoms with E-state index in [1.807, 2.05) is 20.8 Å². The first-order valence-corrected chi connectivity index (χ1v) is 15.0. The summed E-state index contributed by atoms with van der Waals surface area (Å²) in [6.07, 6.45) is 8.23. The van der Waals surface area contributed by atoms with Crippen LogP contribution in [0.25, 0.3) is 0 Å². The molecule has 0 aromatic heterocycles. The van der Waals surface area contributed by atoms with Crippen molar-refractivity contribution in [3.63, 3.8) is 0 Å². The van der Waals surface area contributed by atoms with Gasteiger partial charge in [0.2, 0.25) is 23.5 Å². The zero-order chi connectivity index (χ0) is 29.5. The molecule has 5 fully saturated rings. The smallest absolute Gasteiger partial charge is 0.287 e. The predicted molar refractivity (Wildman–Crippen MR) is 148 cm³/mol. The van der Waals surface area contributed by atoms with Crippen LogP contribution in [0, 0.1) is 27.6 Å². The third-order valence-electron chi connectivity index (χ3n) is 11.7. The van der Waals surface area contributed by atoms with Gasteiger partial charge >= 0.3 is 0 Å². The summed E-state index contributed by atoms with van der Waals surface area (Å²) in [5.41, 5.74) is 9.75. The fourth-order valence-corrected chi connectivity index (χ4v) is 8.25. The maximum atomic E-state index is 14.3. The molecule has 10 heteroatoms. The molecular formula is C30H47N5O5. The number of rotatable bonds is 9. The van der Waals surface area contributed by atoms with E-state index in [-0.39, 0.29) is 34.0 Å². The number of amides is 4. The highest BCUT2D eigenvalue weighted by molar-refractivity contribution is 6.37. The number of ketones is 1. The Morgan fingerprint density at radius 2 is 1.57 bits per heavy atom. The molecule has 0 bridgehead atoms. The van der Waals surface area contributed by atoms with Gasteiger partial charge in [-0.05, 0) is 60.7 Å². The van der Waals surface area contributed by atoms with Crippen LogP contribution < -0.4 is 22.1 Å². The molecule has 10 nitrogen and oxygen atoms in total. The van der Waals surface area contributed by atoms with Crippen molar-refractivity contribution in [3.8, 4) is 0 Å². The normalized spacial score (nSPS) is 30.6. The van der Waals surface area contributed by atoms with Gasteiger partial charge < -0.3 is 27.0 Å². The summed E-state index contributed by atoms with van der Waals surface area (Å²) in [6, 6.07) is -2.69. The summed E-state index contributed by atoms with van der Waals surface area (Å²) in [7, 11) is 0. The Morgan fingerprint density at radius 1 is 0.950 bits per heavy atom. The fraction of sp³-hybridized carbons (Fsp3) is 0.833. The van der Waals surface area contributed by atoms with Crippen LogP contribution in [0.1, 0.15) is 98.8 Å². The Kier molecular flexibility index (Phi) is 6.72. The Hall–Kier alpha value is -2.49. The molecule has 40 heavy (non-hydrogen) atoms. The molecular weight excluding hydrogens is 510 g/mol. The molecule has 1 saturated heterocycles. The van der Waals surface area contributed by atoms with Crippen molar-refractivity contribution in [1.82, 2.24) is 15.5 Å². The lowest BCUT2D eigenvalue weighted by Gasteiger charge is -2.36. The van der Waals surface area contributed by atoms with Crippen LogP contribution >= 0.6 is 0 Å². The first-order chi connectivity index (χ1) is 18.5. The van der Waals surface area contributed by atoms with E-state index in [9.17, 15) is 24.0 Å². The van der Waals surface area contributed by atoms with Crippen molar-refractivity contribution < 1.29 is 24.0 Å². The molecule has 2 spiro atoms. The van der Waals surface area contributed by atoms with Gasteiger partial charge in [0, 0.05) is 12.0 Å². The summed E-state index contributed by atoms with van der Waals surface area (Å²) in [6.45, 7) is 10.6. The quantitative estimate of drug-likeness (QED) is 0.314. The van der Waals surface area contributed by atoms with E-state index in [2.05, 4.69) is 24.5 Å². The number of nitrogens with zero attached hydrogens (tertiary/aromatic N) is 1. The third-order valence-corrected chi connectivity index (χ3v) is 11.7. The minimum absolute atomic E-state index is 0.0456. The van der Waals surface area contributed by atoms with Crippen LogP contribution in [0.3, 0.4) is 0 Å². The summed E-state index contributed by atoms with van der Waals surface area (Å²) < 4.78 is 0. The van der Waals surface area contributed by atoms with Gasteiger partial charge in [-0.15, -0.1) is 0 Å². The van der Waals surface area contributed by atoms with E-state index < -0.39 is 46.7 Å². The SMILES string of the molecule is CC(C)(C)[C@H](NC(=O)C1(N)CC1)C(=O)N1C[C@]2(C[C@H]1C(=O)NC(CC1CCC1)C(=O)C(N)=O)C(C)(C)C21CCC1. The van der Waals surface area contributed by atoms with Gasteiger partial charge in [-0.3, -0.25) is 24.0 Å². The molecule has 4 aliphatic carbocycles. The number of carbonyl (C=O) groups excluding carboxylic acids is 5. The highest BCUT2D eigenvalue weighted by Gasteiger charge is 2.85. The van der Waals surface area contributed by atoms with Crippen LogP contribution in [0.2, 0.25) is 0 Å². The minimum atomic E-state index is -1.07. The monoisotopic (exact) mass is 557 g/mol. The number of fused-ring (bicyclic) bond motifs is 1. The second-order valence-electron chi connectivity index (χ2n) is 15.1. The average molecular weight is 558 g/mol. The van der Waals surface area contributed by atoms with Crippen LogP contribution in [0.15, 0.2) is 0 Å². The average Bonchev–Trinajstić information content (AvgIpc) is 3.56. The Morgan fingerprint density at radius 3 is 2.00 bits per heavy atom. The molecule has 5 aliphatic rings. The summed E-state index contributed by atoms with van der Waals surface area (Å²) in [5.74, 6) is -2.69. The maximum absolute atomic E-state index is 14.3. The van der Waals surface area contributed by atoms with Crippen molar-refractivity contribution in [1.29, 1.82) is 0 Å². The first kappa shape index (κ1) is 29.0. The van der Waals surface area contributed by atoms with Gasteiger partial charge in [-0.1, -0.05) is 60.3 Å². The lowest BCUT2D eigenvalue weighted by atomic mass is 9.73. The van der Waals surface area contributed by atoms with E-state index in [1.54, 1.807) is 4.90 Å². The van der Waals surface area contributed by atoms with Gasteiger partial charge in [-0.25, -0.2) is 0 Å². The Labute approximate surface area is 237 Å². The van der Waals surface area contributed by atoms with Gasteiger partial charge in [-0.2, -0.15) is 0 Å². The molecule has 222 valence electrons. The summed E-state index contributed by atoms with van der Waals surface area (Å²) >= 11 is 0. The van der Waals surface area contributed by atoms with Crippen molar-refractivity contribution in [2.45, 2.75) is 122 Å². The number of carbonyl (C=O) groups is 5. The zero-order valence-corrected chi connectivity index (χ0v) is 24.7. The molecule has 6 N–H and O–H groups in total. The van der Waals surface area contributed by atoms with Crippen molar-refractivity contribution >= 4 is 29.4 Å². The van der Waals surface area contributed by atoms with E-state index in [1.165, 1.54) is 0 Å². The van der Waals surface area contributed by atoms with Crippen molar-refractivity contribution in [3.05, 3.63) is 0 Å². The Balaban J connectivity index is 1.43. The molecule has 1 heterocycles. The molecule has 1 unspecified atom stereocenters. The van der Waals surface area contributed by atoms with E-state index in [0.717, 1.165) is 38.5 Å². The molecule has 4 amide bonds. The van der Waals surface area contributed by atoms with E-state index in [0.29, 0.717) is 32.2 Å². The van der Waals surface area contributed by atoms with Crippen molar-refractivity contribution in [2.75, 3.05) is 6.54 Å². The molecule has 4 saturated carbocycles. The fourth-order valence-electron chi connectivity index (χ4n) is 8.25. The van der Waals surface area contributed by atoms with Crippen LogP contribution in [0.4, 0.5) is 0 Å². The lowest BCUT2D eigenvalue weighted by molar-refractivity contribution is -0.145. The number of Topliss-reactive ketones (excluding diaryl/α,β-unsaturated/α-hetero) is 1. The molecule has 5 rings (SSSR count). The molecule has 0 radical (unpaired) electrons. The Bertz CT molecular complexity index is 1130. The second kappa shape index (κ2) is 9.26. The first-order valence-electron chi connectivity index (χ1n) is 15.0. The predicted octanol–water partition coefficient (Wildman–Crippen LogP) is 1.54. The van der Waals surface area contributed by atoms with Crippen LogP contribution in [-0.2, 0) is 24.0 Å². The number of hydrogen-bond donors (Lipinski definition) is 4. The molecule has 1 aliphatic heterocycles. The molecule has 0 aromatic carbocycles. The molecule has 4 atom stereocenters. The van der Waals surface area contributed by atoms with Gasteiger partial charge in [0.05, 0.1) is 11.6 Å². The van der Waals surface area contributed by atoms with E-state index >= 15 is 0 Å². The maximum Gasteiger partial charge on any atom is 0.287 e. The number of primary amides is 1. The van der Waals surface area contributed by atoms with Crippen LogP contribution in [-0.4, -0.2) is 64.5 Å². The van der Waals surface area contributed by atoms with Gasteiger partial charge in [0.1, 0.15) is 12.1 Å². The number of hydrogen-bond acceptors (Lipinski definition) is 6. The minimum Gasteiger partial charge on any atom is -0.363 e. The highest BCUT2D eigenvalue weighted by atomic mass is 16.2. The van der Waals surface area contributed by atoms with E-state index in [4.69, 9.17) is 11.5 Å². The number of nitrogens with one attached hydrogen (secondary N) is 2. The van der Waals surface area contributed by atoms with Crippen molar-refractivity contribution in [2.24, 2.45) is 39.0 Å².